The van der Waals surface area contributed by atoms with Crippen molar-refractivity contribution in [3.05, 3.63) is 28.2 Å². The molecule has 0 bridgehead atoms. The fraction of sp³-hybridized carbons (Fsp3) is 0.538. The van der Waals surface area contributed by atoms with Gasteiger partial charge in [0.15, 0.2) is 0 Å². The summed E-state index contributed by atoms with van der Waals surface area (Å²) in [5.74, 6) is 0. The van der Waals surface area contributed by atoms with Gasteiger partial charge in [0.25, 0.3) is 0 Å². The third-order valence-corrected chi connectivity index (χ3v) is 3.77. The summed E-state index contributed by atoms with van der Waals surface area (Å²) in [5, 5.41) is 3.61. The zero-order chi connectivity index (χ0) is 11.5. The summed E-state index contributed by atoms with van der Waals surface area (Å²) in [7, 11) is 0. The number of nitrogens with two attached hydrogens (primary N) is 1. The lowest BCUT2D eigenvalue weighted by Crippen LogP contribution is -2.35. The van der Waals surface area contributed by atoms with Gasteiger partial charge in [-0.25, -0.2) is 0 Å². The van der Waals surface area contributed by atoms with E-state index in [1.54, 1.807) is 0 Å². The first-order valence-electron chi connectivity index (χ1n) is 5.93. The summed E-state index contributed by atoms with van der Waals surface area (Å²) < 4.78 is 1.13. The molecular formula is C13H19BrN2. The summed E-state index contributed by atoms with van der Waals surface area (Å²) >= 11 is 3.51. The van der Waals surface area contributed by atoms with Gasteiger partial charge in [0.1, 0.15) is 0 Å². The van der Waals surface area contributed by atoms with Crippen LogP contribution < -0.4 is 11.1 Å². The maximum atomic E-state index is 6.00. The second-order valence-electron chi connectivity index (χ2n) is 4.73. The van der Waals surface area contributed by atoms with Crippen LogP contribution in [0.3, 0.4) is 0 Å². The summed E-state index contributed by atoms with van der Waals surface area (Å²) in [6.45, 7) is 2.14. The van der Waals surface area contributed by atoms with Gasteiger partial charge in [-0.2, -0.15) is 0 Å². The predicted molar refractivity (Wildman–Crippen MR) is 72.7 cm³/mol. The van der Waals surface area contributed by atoms with Gasteiger partial charge < -0.3 is 11.1 Å². The molecule has 0 amide bonds. The van der Waals surface area contributed by atoms with Gasteiger partial charge in [-0.15, -0.1) is 0 Å². The molecule has 1 aromatic carbocycles. The van der Waals surface area contributed by atoms with Crippen LogP contribution >= 0.6 is 15.9 Å². The highest BCUT2D eigenvalue weighted by atomic mass is 79.9. The smallest absolute Gasteiger partial charge is 0.0383 e. The molecule has 16 heavy (non-hydrogen) atoms. The van der Waals surface area contributed by atoms with Crippen LogP contribution in [0.5, 0.6) is 0 Å². The molecule has 3 N–H and O–H groups in total. The van der Waals surface area contributed by atoms with Crippen molar-refractivity contribution in [3.63, 3.8) is 0 Å². The van der Waals surface area contributed by atoms with Crippen molar-refractivity contribution in [2.24, 2.45) is 5.73 Å². The Hall–Kier alpha value is -0.540. The van der Waals surface area contributed by atoms with Crippen molar-refractivity contribution in [1.29, 1.82) is 0 Å². The molecule has 0 spiro atoms. The minimum atomic E-state index is 0.374. The number of benzene rings is 1. The highest BCUT2D eigenvalue weighted by Gasteiger charge is 2.19. The Kier molecular flexibility index (Phi) is 3.87. The monoisotopic (exact) mass is 282 g/mol. The summed E-state index contributed by atoms with van der Waals surface area (Å²) in [5.41, 5.74) is 8.52. The fourth-order valence-corrected chi connectivity index (χ4v) is 2.69. The minimum Gasteiger partial charge on any atom is -0.382 e. The molecule has 0 saturated heterocycles. The van der Waals surface area contributed by atoms with E-state index in [-0.39, 0.29) is 0 Å². The number of halogens is 1. The highest BCUT2D eigenvalue weighted by Crippen LogP contribution is 2.25. The van der Waals surface area contributed by atoms with Crippen molar-refractivity contribution in [2.45, 2.75) is 44.7 Å². The average Bonchev–Trinajstić information content (AvgIpc) is 2.24. The van der Waals surface area contributed by atoms with Gasteiger partial charge in [-0.1, -0.05) is 22.0 Å². The Labute approximate surface area is 106 Å². The third kappa shape index (κ3) is 2.98. The average molecular weight is 283 g/mol. The lowest BCUT2D eigenvalue weighted by atomic mass is 9.91. The van der Waals surface area contributed by atoms with Gasteiger partial charge in [-0.3, -0.25) is 0 Å². The zero-order valence-electron chi connectivity index (χ0n) is 9.67. The molecule has 1 saturated carbocycles. The molecule has 2 atom stereocenters. The second-order valence-corrected chi connectivity index (χ2v) is 5.64. The van der Waals surface area contributed by atoms with Gasteiger partial charge >= 0.3 is 0 Å². The second kappa shape index (κ2) is 5.19. The van der Waals surface area contributed by atoms with Gasteiger partial charge in [0, 0.05) is 22.2 Å². The molecule has 3 heteroatoms. The lowest BCUT2D eigenvalue weighted by molar-refractivity contribution is 0.409. The number of rotatable bonds is 2. The van der Waals surface area contributed by atoms with E-state index in [9.17, 15) is 0 Å². The highest BCUT2D eigenvalue weighted by molar-refractivity contribution is 9.10. The van der Waals surface area contributed by atoms with E-state index in [2.05, 4.69) is 46.4 Å². The molecule has 88 valence electrons. The summed E-state index contributed by atoms with van der Waals surface area (Å²) in [6, 6.07) is 7.27. The van der Waals surface area contributed by atoms with Crippen LogP contribution in [-0.2, 0) is 0 Å². The third-order valence-electron chi connectivity index (χ3n) is 3.27. The van der Waals surface area contributed by atoms with Crippen LogP contribution in [0.25, 0.3) is 0 Å². The van der Waals surface area contributed by atoms with E-state index in [1.807, 2.05) is 0 Å². The largest absolute Gasteiger partial charge is 0.382 e. The van der Waals surface area contributed by atoms with E-state index in [4.69, 9.17) is 5.73 Å². The molecule has 0 heterocycles. The fourth-order valence-electron chi connectivity index (χ4n) is 2.33. The van der Waals surface area contributed by atoms with Gasteiger partial charge in [0.2, 0.25) is 0 Å². The van der Waals surface area contributed by atoms with E-state index in [0.29, 0.717) is 12.1 Å². The van der Waals surface area contributed by atoms with Crippen molar-refractivity contribution < 1.29 is 0 Å². The van der Waals surface area contributed by atoms with Crippen molar-refractivity contribution in [2.75, 3.05) is 5.32 Å². The number of hydrogen-bond acceptors (Lipinski definition) is 2. The zero-order valence-corrected chi connectivity index (χ0v) is 11.3. The number of hydrogen-bond donors (Lipinski definition) is 2. The van der Waals surface area contributed by atoms with E-state index >= 15 is 0 Å². The topological polar surface area (TPSA) is 38.0 Å². The number of aryl methyl sites for hydroxylation is 1. The Balaban J connectivity index is 2.05. The van der Waals surface area contributed by atoms with E-state index < -0.39 is 0 Å². The Bertz CT molecular complexity index is 365. The molecule has 2 rings (SSSR count). The molecular weight excluding hydrogens is 264 g/mol. The van der Waals surface area contributed by atoms with Crippen molar-refractivity contribution in [1.82, 2.24) is 0 Å². The van der Waals surface area contributed by atoms with Crippen LogP contribution in [0, 0.1) is 6.92 Å². The van der Waals surface area contributed by atoms with Crippen molar-refractivity contribution >= 4 is 21.6 Å². The number of nitrogens with one attached hydrogen (secondary N) is 1. The molecule has 2 unspecified atom stereocenters. The van der Waals surface area contributed by atoms with Crippen LogP contribution in [0.2, 0.25) is 0 Å². The summed E-state index contributed by atoms with van der Waals surface area (Å²) in [6.07, 6.45) is 4.74. The van der Waals surface area contributed by atoms with Crippen LogP contribution in [0.4, 0.5) is 5.69 Å². The molecule has 2 nitrogen and oxygen atoms in total. The molecule has 1 aromatic rings. The van der Waals surface area contributed by atoms with Crippen LogP contribution in [0.15, 0.2) is 22.7 Å². The van der Waals surface area contributed by atoms with Gasteiger partial charge in [0.05, 0.1) is 0 Å². The Morgan fingerprint density at radius 1 is 1.38 bits per heavy atom. The molecule has 0 aromatic heterocycles. The van der Waals surface area contributed by atoms with Crippen molar-refractivity contribution in [3.8, 4) is 0 Å². The molecule has 1 fully saturated rings. The normalized spacial score (nSPS) is 25.4. The van der Waals surface area contributed by atoms with Crippen LogP contribution in [-0.4, -0.2) is 12.1 Å². The first-order valence-corrected chi connectivity index (χ1v) is 6.73. The number of anilines is 1. The first-order chi connectivity index (χ1) is 7.65. The molecule has 0 aliphatic heterocycles. The standard InChI is InChI=1S/C13H19BrN2/c1-9-5-6-10(14)7-13(9)16-12-4-2-3-11(15)8-12/h5-7,11-12,16H,2-4,8,15H2,1H3. The maximum Gasteiger partial charge on any atom is 0.0383 e. The lowest BCUT2D eigenvalue weighted by Gasteiger charge is -2.28. The molecule has 0 radical (unpaired) electrons. The van der Waals surface area contributed by atoms with E-state index in [0.717, 1.165) is 10.9 Å². The molecule has 1 aliphatic carbocycles. The SMILES string of the molecule is Cc1ccc(Br)cc1NC1CCCC(N)C1. The quantitative estimate of drug-likeness (QED) is 0.872. The maximum absolute atomic E-state index is 6.00. The summed E-state index contributed by atoms with van der Waals surface area (Å²) in [4.78, 5) is 0. The minimum absolute atomic E-state index is 0.374. The Morgan fingerprint density at radius 3 is 2.94 bits per heavy atom. The molecule has 1 aliphatic rings. The first kappa shape index (κ1) is 11.9. The van der Waals surface area contributed by atoms with Gasteiger partial charge in [-0.05, 0) is 50.3 Å². The van der Waals surface area contributed by atoms with E-state index in [1.165, 1.54) is 30.5 Å². The Morgan fingerprint density at radius 2 is 2.19 bits per heavy atom. The predicted octanol–water partition coefficient (Wildman–Crippen LogP) is 3.44. The van der Waals surface area contributed by atoms with Crippen LogP contribution in [0.1, 0.15) is 31.2 Å².